The second-order valence-corrected chi connectivity index (χ2v) is 5.09. The number of hydrogen-bond acceptors (Lipinski definition) is 3. The Balaban J connectivity index is 3.38. The maximum absolute atomic E-state index is 11.7. The zero-order chi connectivity index (χ0) is 11.6. The van der Waals surface area contributed by atoms with Crippen LogP contribution < -0.4 is 5.14 Å². The van der Waals surface area contributed by atoms with Crippen molar-refractivity contribution >= 4 is 15.8 Å². The van der Waals surface area contributed by atoms with Crippen molar-refractivity contribution in [1.29, 1.82) is 0 Å². The lowest BCUT2D eigenvalue weighted by molar-refractivity contribution is 0.0936. The molecular formula is C10H13NO3S. The van der Waals surface area contributed by atoms with Gasteiger partial charge in [0.1, 0.15) is 0 Å². The largest absolute Gasteiger partial charge is 0.294 e. The van der Waals surface area contributed by atoms with Gasteiger partial charge in [-0.1, -0.05) is 32.0 Å². The van der Waals surface area contributed by atoms with E-state index < -0.39 is 10.0 Å². The molecule has 0 saturated heterocycles. The molecular weight excluding hydrogens is 214 g/mol. The van der Waals surface area contributed by atoms with Crippen LogP contribution in [0.5, 0.6) is 0 Å². The Morgan fingerprint density at radius 2 is 1.80 bits per heavy atom. The van der Waals surface area contributed by atoms with Crippen molar-refractivity contribution < 1.29 is 13.2 Å². The number of carbonyl (C=O) groups excluding carboxylic acids is 1. The van der Waals surface area contributed by atoms with Crippen LogP contribution in [0, 0.1) is 5.92 Å². The van der Waals surface area contributed by atoms with Gasteiger partial charge >= 0.3 is 0 Å². The zero-order valence-corrected chi connectivity index (χ0v) is 9.41. The van der Waals surface area contributed by atoms with Gasteiger partial charge in [-0.3, -0.25) is 4.79 Å². The summed E-state index contributed by atoms with van der Waals surface area (Å²) in [6.45, 7) is 3.42. The highest BCUT2D eigenvalue weighted by atomic mass is 32.2. The highest BCUT2D eigenvalue weighted by Crippen LogP contribution is 2.17. The third-order valence-electron chi connectivity index (χ3n) is 1.98. The van der Waals surface area contributed by atoms with Gasteiger partial charge < -0.3 is 0 Å². The Kier molecular flexibility index (Phi) is 3.26. The summed E-state index contributed by atoms with van der Waals surface area (Å²) in [5.74, 6) is -0.479. The van der Waals surface area contributed by atoms with Crippen molar-refractivity contribution in [3.05, 3.63) is 29.8 Å². The molecule has 2 N–H and O–H groups in total. The van der Waals surface area contributed by atoms with E-state index in [1.165, 1.54) is 18.2 Å². The molecule has 0 unspecified atom stereocenters. The Hall–Kier alpha value is -1.20. The maximum atomic E-state index is 11.7. The van der Waals surface area contributed by atoms with Crippen molar-refractivity contribution in [1.82, 2.24) is 0 Å². The summed E-state index contributed by atoms with van der Waals surface area (Å²) in [4.78, 5) is 11.6. The van der Waals surface area contributed by atoms with Gasteiger partial charge in [0.15, 0.2) is 5.78 Å². The zero-order valence-electron chi connectivity index (χ0n) is 8.60. The van der Waals surface area contributed by atoms with Gasteiger partial charge in [0.2, 0.25) is 10.0 Å². The van der Waals surface area contributed by atoms with Crippen molar-refractivity contribution in [2.24, 2.45) is 11.1 Å². The minimum absolute atomic E-state index is 0.108. The molecule has 0 amide bonds. The number of nitrogens with two attached hydrogens (primary N) is 1. The first-order valence-electron chi connectivity index (χ1n) is 4.50. The summed E-state index contributed by atoms with van der Waals surface area (Å²) in [7, 11) is -3.83. The average Bonchev–Trinajstić information content (AvgIpc) is 2.15. The number of carbonyl (C=O) groups is 1. The monoisotopic (exact) mass is 227 g/mol. The average molecular weight is 227 g/mol. The van der Waals surface area contributed by atoms with Gasteiger partial charge in [0.05, 0.1) is 4.90 Å². The molecule has 0 spiro atoms. The molecule has 0 aliphatic rings. The van der Waals surface area contributed by atoms with Gasteiger partial charge in [-0.25, -0.2) is 13.6 Å². The standard InChI is InChI=1S/C10H13NO3S/c1-7(2)10(12)8-5-3-4-6-9(8)15(11,13)14/h3-7H,1-2H3,(H2,11,13,14). The third kappa shape index (κ3) is 2.64. The first kappa shape index (κ1) is 11.9. The quantitative estimate of drug-likeness (QED) is 0.787. The summed E-state index contributed by atoms with van der Waals surface area (Å²) in [6.07, 6.45) is 0. The van der Waals surface area contributed by atoms with Crippen molar-refractivity contribution in [2.75, 3.05) is 0 Å². The first-order chi connectivity index (χ1) is 6.84. The molecule has 0 bridgehead atoms. The van der Waals surface area contributed by atoms with E-state index in [1.54, 1.807) is 19.9 Å². The topological polar surface area (TPSA) is 77.2 Å². The fourth-order valence-corrected chi connectivity index (χ4v) is 1.97. The van der Waals surface area contributed by atoms with Crippen molar-refractivity contribution in [3.8, 4) is 0 Å². The summed E-state index contributed by atoms with van der Waals surface area (Å²) >= 11 is 0. The molecule has 15 heavy (non-hydrogen) atoms. The van der Waals surface area contributed by atoms with E-state index in [-0.39, 0.29) is 22.2 Å². The van der Waals surface area contributed by atoms with E-state index in [9.17, 15) is 13.2 Å². The second-order valence-electron chi connectivity index (χ2n) is 3.56. The number of benzene rings is 1. The predicted molar refractivity (Wildman–Crippen MR) is 57.0 cm³/mol. The fraction of sp³-hybridized carbons (Fsp3) is 0.300. The normalized spacial score (nSPS) is 11.7. The van der Waals surface area contributed by atoms with Crippen LogP contribution in [-0.4, -0.2) is 14.2 Å². The molecule has 0 aliphatic heterocycles. The lowest BCUT2D eigenvalue weighted by Gasteiger charge is -2.08. The maximum Gasteiger partial charge on any atom is 0.238 e. The predicted octanol–water partition coefficient (Wildman–Crippen LogP) is 1.17. The van der Waals surface area contributed by atoms with Crippen LogP contribution in [-0.2, 0) is 10.0 Å². The van der Waals surface area contributed by atoms with E-state index in [4.69, 9.17) is 5.14 Å². The molecule has 0 saturated carbocycles. The van der Waals surface area contributed by atoms with E-state index in [1.807, 2.05) is 0 Å². The second kappa shape index (κ2) is 4.12. The lowest BCUT2D eigenvalue weighted by atomic mass is 10.0. The molecule has 1 aromatic rings. The Labute approximate surface area is 89.2 Å². The molecule has 0 aliphatic carbocycles. The number of primary sulfonamides is 1. The summed E-state index contributed by atoms with van der Waals surface area (Å²) in [6, 6.07) is 5.97. The van der Waals surface area contributed by atoms with Crippen LogP contribution in [0.3, 0.4) is 0 Å². The summed E-state index contributed by atoms with van der Waals surface area (Å²) in [5.41, 5.74) is 0.162. The van der Waals surface area contributed by atoms with E-state index in [0.29, 0.717) is 0 Å². The van der Waals surface area contributed by atoms with Gasteiger partial charge in [0.25, 0.3) is 0 Å². The molecule has 1 aromatic carbocycles. The van der Waals surface area contributed by atoms with Crippen LogP contribution in [0.2, 0.25) is 0 Å². The van der Waals surface area contributed by atoms with Crippen molar-refractivity contribution in [3.63, 3.8) is 0 Å². The van der Waals surface area contributed by atoms with Gasteiger partial charge in [0, 0.05) is 11.5 Å². The molecule has 0 fully saturated rings. The molecule has 1 rings (SSSR count). The Bertz CT molecular complexity index is 477. The van der Waals surface area contributed by atoms with Crippen LogP contribution >= 0.6 is 0 Å². The Morgan fingerprint density at radius 1 is 1.27 bits per heavy atom. The van der Waals surface area contributed by atoms with Crippen LogP contribution in [0.25, 0.3) is 0 Å². The SMILES string of the molecule is CC(C)C(=O)c1ccccc1S(N)(=O)=O. The molecule has 0 atom stereocenters. The van der Waals surface area contributed by atoms with Gasteiger partial charge in [-0.15, -0.1) is 0 Å². The van der Waals surface area contributed by atoms with E-state index in [2.05, 4.69) is 0 Å². The minimum atomic E-state index is -3.83. The Morgan fingerprint density at radius 3 is 2.27 bits per heavy atom. The highest BCUT2D eigenvalue weighted by Gasteiger charge is 2.20. The highest BCUT2D eigenvalue weighted by molar-refractivity contribution is 7.89. The number of rotatable bonds is 3. The minimum Gasteiger partial charge on any atom is -0.294 e. The summed E-state index contributed by atoms with van der Waals surface area (Å²) in [5, 5.41) is 5.02. The van der Waals surface area contributed by atoms with Gasteiger partial charge in [-0.05, 0) is 6.07 Å². The van der Waals surface area contributed by atoms with E-state index in [0.717, 1.165) is 0 Å². The molecule has 4 nitrogen and oxygen atoms in total. The van der Waals surface area contributed by atoms with Crippen LogP contribution in [0.15, 0.2) is 29.2 Å². The lowest BCUT2D eigenvalue weighted by Crippen LogP contribution is -2.18. The summed E-state index contributed by atoms with van der Waals surface area (Å²) < 4.78 is 22.4. The molecule has 5 heteroatoms. The number of ketones is 1. The molecule has 0 heterocycles. The van der Waals surface area contributed by atoms with Gasteiger partial charge in [-0.2, -0.15) is 0 Å². The number of Topliss-reactive ketones (excluding diaryl/α,β-unsaturated/α-hetero) is 1. The van der Waals surface area contributed by atoms with E-state index >= 15 is 0 Å². The fourth-order valence-electron chi connectivity index (χ4n) is 1.23. The third-order valence-corrected chi connectivity index (χ3v) is 2.95. The number of sulfonamides is 1. The first-order valence-corrected chi connectivity index (χ1v) is 6.04. The van der Waals surface area contributed by atoms with Crippen molar-refractivity contribution in [2.45, 2.75) is 18.7 Å². The molecule has 0 aromatic heterocycles. The smallest absolute Gasteiger partial charge is 0.238 e. The number of hydrogen-bond donors (Lipinski definition) is 1. The molecule has 0 radical (unpaired) electrons. The molecule has 82 valence electrons. The van der Waals surface area contributed by atoms with Crippen LogP contribution in [0.4, 0.5) is 0 Å². The van der Waals surface area contributed by atoms with Crippen LogP contribution in [0.1, 0.15) is 24.2 Å².